The Labute approximate surface area is 166 Å². The first-order valence-electron chi connectivity index (χ1n) is 9.91. The van der Waals surface area contributed by atoms with Crippen LogP contribution in [0.4, 0.5) is 4.39 Å². The summed E-state index contributed by atoms with van der Waals surface area (Å²) < 4.78 is 19.5. The van der Waals surface area contributed by atoms with Gasteiger partial charge in [-0.3, -0.25) is 9.59 Å². The third-order valence-electron chi connectivity index (χ3n) is 5.89. The fourth-order valence-electron chi connectivity index (χ4n) is 4.15. The average molecular weight is 391 g/mol. The number of ether oxygens (including phenoxy) is 1. The number of amides is 2. The maximum Gasteiger partial charge on any atom is 0.248 e. The molecule has 2 aliphatic heterocycles. The van der Waals surface area contributed by atoms with Gasteiger partial charge in [-0.2, -0.15) is 0 Å². The minimum Gasteiger partial charge on any atom is -0.372 e. The van der Waals surface area contributed by atoms with E-state index in [4.69, 9.17) is 4.74 Å². The summed E-state index contributed by atoms with van der Waals surface area (Å²) in [6.45, 7) is 4.34. The van der Waals surface area contributed by atoms with Crippen LogP contribution in [0, 0.1) is 11.2 Å². The molecule has 2 fully saturated rings. The monoisotopic (exact) mass is 391 g/mol. The van der Waals surface area contributed by atoms with E-state index in [9.17, 15) is 14.0 Å². The van der Waals surface area contributed by atoms with Gasteiger partial charge in [-0.15, -0.1) is 0 Å². The second-order valence-corrected chi connectivity index (χ2v) is 8.09. The van der Waals surface area contributed by atoms with E-state index in [2.05, 4.69) is 4.90 Å². The molecule has 1 aromatic rings. The summed E-state index contributed by atoms with van der Waals surface area (Å²) in [4.78, 5) is 31.4. The molecule has 0 N–H and O–H groups in total. The molecule has 1 atom stereocenters. The van der Waals surface area contributed by atoms with E-state index in [1.165, 1.54) is 6.07 Å². The molecule has 0 radical (unpaired) electrons. The topological polar surface area (TPSA) is 53.1 Å². The van der Waals surface area contributed by atoms with Gasteiger partial charge in [0, 0.05) is 38.8 Å². The number of likely N-dealkylation sites (tertiary alicyclic amines) is 2. The van der Waals surface area contributed by atoms with Gasteiger partial charge in [-0.05, 0) is 45.5 Å². The maximum absolute atomic E-state index is 14.3. The van der Waals surface area contributed by atoms with E-state index in [0.29, 0.717) is 50.8 Å². The highest BCUT2D eigenvalue weighted by atomic mass is 19.1. The van der Waals surface area contributed by atoms with Gasteiger partial charge in [0.1, 0.15) is 12.4 Å². The van der Waals surface area contributed by atoms with Crippen molar-refractivity contribution in [2.75, 3.05) is 53.5 Å². The van der Waals surface area contributed by atoms with Gasteiger partial charge in [0.05, 0.1) is 5.41 Å². The van der Waals surface area contributed by atoms with E-state index in [1.807, 2.05) is 25.9 Å². The van der Waals surface area contributed by atoms with Crippen molar-refractivity contribution in [2.45, 2.75) is 25.8 Å². The van der Waals surface area contributed by atoms with Crippen LogP contribution in [0.25, 0.3) is 0 Å². The van der Waals surface area contributed by atoms with Crippen LogP contribution in [0.5, 0.6) is 0 Å². The molecule has 154 valence electrons. The Morgan fingerprint density at radius 1 is 1.25 bits per heavy atom. The second-order valence-electron chi connectivity index (χ2n) is 8.09. The standard InChI is InChI=1S/C21H30FN3O3/c1-4-28-13-19(26)25-14-21(15-25,11-16-7-5-6-8-18(16)22)20(27)24-10-9-17(12-24)23(2)3/h5-8,17H,4,9-15H2,1-3H3. The van der Waals surface area contributed by atoms with Gasteiger partial charge in [-0.1, -0.05) is 18.2 Å². The quantitative estimate of drug-likeness (QED) is 0.705. The molecule has 0 saturated carbocycles. The molecule has 28 heavy (non-hydrogen) atoms. The summed E-state index contributed by atoms with van der Waals surface area (Å²) in [6.07, 6.45) is 1.24. The van der Waals surface area contributed by atoms with Gasteiger partial charge < -0.3 is 19.4 Å². The van der Waals surface area contributed by atoms with Crippen molar-refractivity contribution in [2.24, 2.45) is 5.41 Å². The first-order chi connectivity index (χ1) is 13.4. The molecule has 0 aromatic heterocycles. The van der Waals surface area contributed by atoms with E-state index >= 15 is 0 Å². The lowest BCUT2D eigenvalue weighted by atomic mass is 9.73. The normalized spacial score (nSPS) is 21.1. The zero-order chi connectivity index (χ0) is 20.3. The van der Waals surface area contributed by atoms with Crippen molar-refractivity contribution in [3.8, 4) is 0 Å². The zero-order valence-electron chi connectivity index (χ0n) is 17.0. The third kappa shape index (κ3) is 4.20. The summed E-state index contributed by atoms with van der Waals surface area (Å²) in [5.74, 6) is -0.395. The summed E-state index contributed by atoms with van der Waals surface area (Å²) in [5, 5.41) is 0. The molecule has 0 bridgehead atoms. The summed E-state index contributed by atoms with van der Waals surface area (Å²) >= 11 is 0. The van der Waals surface area contributed by atoms with E-state index in [0.717, 1.165) is 6.42 Å². The Hall–Kier alpha value is -1.99. The first-order valence-corrected chi connectivity index (χ1v) is 9.91. The minimum absolute atomic E-state index is 0.0207. The molecule has 7 heteroatoms. The fourth-order valence-corrected chi connectivity index (χ4v) is 4.15. The van der Waals surface area contributed by atoms with E-state index in [1.54, 1.807) is 23.1 Å². The number of halogens is 1. The molecule has 2 saturated heterocycles. The highest BCUT2D eigenvalue weighted by Crippen LogP contribution is 2.38. The molecule has 0 spiro atoms. The molecule has 2 aliphatic rings. The molecular weight excluding hydrogens is 361 g/mol. The van der Waals surface area contributed by atoms with Crippen molar-refractivity contribution in [1.29, 1.82) is 0 Å². The Balaban J connectivity index is 1.75. The van der Waals surface area contributed by atoms with Crippen LogP contribution in [0.2, 0.25) is 0 Å². The molecule has 2 heterocycles. The van der Waals surface area contributed by atoms with Crippen LogP contribution in [0.15, 0.2) is 24.3 Å². The van der Waals surface area contributed by atoms with Crippen LogP contribution in [-0.2, 0) is 20.7 Å². The van der Waals surface area contributed by atoms with E-state index < -0.39 is 5.41 Å². The lowest BCUT2D eigenvalue weighted by Crippen LogP contribution is -2.66. The number of carbonyl (C=O) groups is 2. The number of rotatable bonds is 7. The number of carbonyl (C=O) groups excluding carboxylic acids is 2. The predicted molar refractivity (Wildman–Crippen MR) is 104 cm³/mol. The number of hydrogen-bond acceptors (Lipinski definition) is 4. The Kier molecular flexibility index (Phi) is 6.35. The lowest BCUT2D eigenvalue weighted by Gasteiger charge is -2.50. The largest absolute Gasteiger partial charge is 0.372 e. The van der Waals surface area contributed by atoms with Crippen molar-refractivity contribution in [3.05, 3.63) is 35.6 Å². The summed E-state index contributed by atoms with van der Waals surface area (Å²) in [7, 11) is 4.04. The highest BCUT2D eigenvalue weighted by molar-refractivity contribution is 5.88. The molecule has 1 unspecified atom stereocenters. The van der Waals surface area contributed by atoms with Gasteiger partial charge in [0.2, 0.25) is 11.8 Å². The van der Waals surface area contributed by atoms with Gasteiger partial charge in [0.25, 0.3) is 0 Å². The van der Waals surface area contributed by atoms with Crippen molar-refractivity contribution in [1.82, 2.24) is 14.7 Å². The van der Waals surface area contributed by atoms with E-state index in [-0.39, 0.29) is 24.2 Å². The van der Waals surface area contributed by atoms with Crippen molar-refractivity contribution in [3.63, 3.8) is 0 Å². The molecule has 2 amide bonds. The van der Waals surface area contributed by atoms with Gasteiger partial charge in [-0.25, -0.2) is 4.39 Å². The number of likely N-dealkylation sites (N-methyl/N-ethyl adjacent to an activating group) is 1. The zero-order valence-corrected chi connectivity index (χ0v) is 17.0. The number of nitrogens with zero attached hydrogens (tertiary/aromatic N) is 3. The maximum atomic E-state index is 14.3. The number of hydrogen-bond donors (Lipinski definition) is 0. The lowest BCUT2D eigenvalue weighted by molar-refractivity contribution is -0.162. The third-order valence-corrected chi connectivity index (χ3v) is 5.89. The number of benzene rings is 1. The fraction of sp³-hybridized carbons (Fsp3) is 0.619. The first kappa shape index (κ1) is 20.7. The minimum atomic E-state index is -0.759. The van der Waals surface area contributed by atoms with Crippen LogP contribution in [-0.4, -0.2) is 86.0 Å². The van der Waals surface area contributed by atoms with Gasteiger partial charge in [0.15, 0.2) is 0 Å². The van der Waals surface area contributed by atoms with Crippen LogP contribution in [0.3, 0.4) is 0 Å². The second kappa shape index (κ2) is 8.57. The Morgan fingerprint density at radius 3 is 2.57 bits per heavy atom. The van der Waals surface area contributed by atoms with Crippen LogP contribution < -0.4 is 0 Å². The molecule has 3 rings (SSSR count). The molecule has 6 nitrogen and oxygen atoms in total. The molecular formula is C21H30FN3O3. The summed E-state index contributed by atoms with van der Waals surface area (Å²) in [6, 6.07) is 6.91. The Morgan fingerprint density at radius 2 is 1.96 bits per heavy atom. The predicted octanol–water partition coefficient (Wildman–Crippen LogP) is 1.40. The smallest absolute Gasteiger partial charge is 0.248 e. The van der Waals surface area contributed by atoms with Gasteiger partial charge >= 0.3 is 0 Å². The average Bonchev–Trinajstić information content (AvgIpc) is 3.13. The highest BCUT2D eigenvalue weighted by Gasteiger charge is 2.53. The van der Waals surface area contributed by atoms with Crippen molar-refractivity contribution >= 4 is 11.8 Å². The van der Waals surface area contributed by atoms with Crippen LogP contribution in [0.1, 0.15) is 18.9 Å². The Bertz CT molecular complexity index is 719. The van der Waals surface area contributed by atoms with Crippen molar-refractivity contribution < 1.29 is 18.7 Å². The van der Waals surface area contributed by atoms with Crippen LogP contribution >= 0.6 is 0 Å². The molecule has 1 aromatic carbocycles. The summed E-state index contributed by atoms with van der Waals surface area (Å²) in [5.41, 5.74) is -0.234. The molecule has 0 aliphatic carbocycles. The SMILES string of the molecule is CCOCC(=O)N1CC(Cc2ccccc2F)(C(=O)N2CCC(N(C)C)C2)C1.